The summed E-state index contributed by atoms with van der Waals surface area (Å²) >= 11 is 0. The van der Waals surface area contributed by atoms with Gasteiger partial charge in [-0.25, -0.2) is 8.78 Å². The van der Waals surface area contributed by atoms with Crippen molar-refractivity contribution in [1.29, 1.82) is 0 Å². The van der Waals surface area contributed by atoms with Crippen LogP contribution in [-0.4, -0.2) is 5.91 Å². The normalized spacial score (nSPS) is 10.7. The van der Waals surface area contributed by atoms with E-state index in [0.717, 1.165) is 23.8 Å². The molecule has 0 bridgehead atoms. The predicted molar refractivity (Wildman–Crippen MR) is 74.9 cm³/mol. The van der Waals surface area contributed by atoms with Crippen LogP contribution in [0.5, 0.6) is 0 Å². The molecule has 0 aromatic heterocycles. The van der Waals surface area contributed by atoms with E-state index in [4.69, 9.17) is 5.73 Å². The molecule has 0 atom stereocenters. The standard InChI is InChI=1S/C15H12F2N2O/c16-11-7-12(17)9-14(8-11)19-15(20)5-4-10-2-1-3-13(18)6-10/h1-9H,18H2,(H,19,20)/b5-4+. The number of hydrogen-bond donors (Lipinski definition) is 2. The Kier molecular flexibility index (Phi) is 4.10. The first-order valence-electron chi connectivity index (χ1n) is 5.83. The lowest BCUT2D eigenvalue weighted by molar-refractivity contribution is -0.111. The highest BCUT2D eigenvalue weighted by molar-refractivity contribution is 6.01. The second-order valence-corrected chi connectivity index (χ2v) is 4.15. The first kappa shape index (κ1) is 13.7. The molecule has 3 nitrogen and oxygen atoms in total. The monoisotopic (exact) mass is 274 g/mol. The van der Waals surface area contributed by atoms with Gasteiger partial charge in [0.2, 0.25) is 5.91 Å². The third kappa shape index (κ3) is 3.91. The van der Waals surface area contributed by atoms with Crippen LogP contribution in [0.2, 0.25) is 0 Å². The van der Waals surface area contributed by atoms with E-state index in [2.05, 4.69) is 5.32 Å². The van der Waals surface area contributed by atoms with Crippen molar-refractivity contribution in [1.82, 2.24) is 0 Å². The lowest BCUT2D eigenvalue weighted by Crippen LogP contribution is -2.08. The van der Waals surface area contributed by atoms with Gasteiger partial charge in [0.1, 0.15) is 11.6 Å². The molecule has 0 fully saturated rings. The smallest absolute Gasteiger partial charge is 0.248 e. The zero-order chi connectivity index (χ0) is 14.5. The molecular formula is C15H12F2N2O. The largest absolute Gasteiger partial charge is 0.399 e. The van der Waals surface area contributed by atoms with Crippen LogP contribution in [0.4, 0.5) is 20.2 Å². The molecule has 3 N–H and O–H groups in total. The van der Waals surface area contributed by atoms with Gasteiger partial charge in [0.15, 0.2) is 0 Å². The Morgan fingerprint density at radius 1 is 1.10 bits per heavy atom. The maximum atomic E-state index is 13.0. The summed E-state index contributed by atoms with van der Waals surface area (Å²) in [6, 6.07) is 9.78. The fourth-order valence-electron chi connectivity index (χ4n) is 1.64. The van der Waals surface area contributed by atoms with Gasteiger partial charge < -0.3 is 11.1 Å². The number of halogens is 2. The topological polar surface area (TPSA) is 55.1 Å². The Hall–Kier alpha value is -2.69. The summed E-state index contributed by atoms with van der Waals surface area (Å²) in [6.45, 7) is 0. The zero-order valence-corrected chi connectivity index (χ0v) is 10.4. The number of carbonyl (C=O) groups excluding carboxylic acids is 1. The molecule has 0 spiro atoms. The maximum Gasteiger partial charge on any atom is 0.248 e. The molecule has 2 aromatic carbocycles. The fourth-order valence-corrected chi connectivity index (χ4v) is 1.64. The molecule has 0 saturated heterocycles. The summed E-state index contributed by atoms with van der Waals surface area (Å²) in [5.41, 5.74) is 7.00. The van der Waals surface area contributed by atoms with Crippen LogP contribution in [-0.2, 0) is 4.79 Å². The maximum absolute atomic E-state index is 13.0. The number of hydrogen-bond acceptors (Lipinski definition) is 2. The number of anilines is 2. The summed E-state index contributed by atoms with van der Waals surface area (Å²) in [5.74, 6) is -1.99. The first-order chi connectivity index (χ1) is 9.52. The van der Waals surface area contributed by atoms with Gasteiger partial charge in [-0.15, -0.1) is 0 Å². The van der Waals surface area contributed by atoms with Gasteiger partial charge in [-0.1, -0.05) is 12.1 Å². The highest BCUT2D eigenvalue weighted by Gasteiger charge is 2.02. The molecule has 0 unspecified atom stereocenters. The number of carbonyl (C=O) groups is 1. The summed E-state index contributed by atoms with van der Waals surface area (Å²) in [7, 11) is 0. The molecule has 20 heavy (non-hydrogen) atoms. The lowest BCUT2D eigenvalue weighted by atomic mass is 10.2. The third-order valence-electron chi connectivity index (χ3n) is 2.47. The number of nitrogens with one attached hydrogen (secondary N) is 1. The fraction of sp³-hybridized carbons (Fsp3) is 0. The number of benzene rings is 2. The molecule has 1 amide bonds. The molecule has 0 aliphatic heterocycles. The van der Waals surface area contributed by atoms with E-state index in [0.29, 0.717) is 5.69 Å². The second-order valence-electron chi connectivity index (χ2n) is 4.15. The minimum absolute atomic E-state index is 0.0599. The van der Waals surface area contributed by atoms with E-state index in [-0.39, 0.29) is 5.69 Å². The van der Waals surface area contributed by atoms with E-state index in [9.17, 15) is 13.6 Å². The SMILES string of the molecule is Nc1cccc(/C=C/C(=O)Nc2cc(F)cc(F)c2)c1. The number of rotatable bonds is 3. The Morgan fingerprint density at radius 3 is 2.45 bits per heavy atom. The Labute approximate surface area is 114 Å². The van der Waals surface area contributed by atoms with Crippen LogP contribution >= 0.6 is 0 Å². The molecular weight excluding hydrogens is 262 g/mol. The van der Waals surface area contributed by atoms with Crippen molar-refractivity contribution in [3.8, 4) is 0 Å². The van der Waals surface area contributed by atoms with E-state index in [1.807, 2.05) is 0 Å². The van der Waals surface area contributed by atoms with E-state index < -0.39 is 17.5 Å². The minimum Gasteiger partial charge on any atom is -0.399 e. The van der Waals surface area contributed by atoms with Crippen LogP contribution in [0, 0.1) is 11.6 Å². The molecule has 2 aromatic rings. The second kappa shape index (κ2) is 5.97. The van der Waals surface area contributed by atoms with Gasteiger partial charge in [-0.2, -0.15) is 0 Å². The van der Waals surface area contributed by atoms with Crippen molar-refractivity contribution in [2.24, 2.45) is 0 Å². The van der Waals surface area contributed by atoms with E-state index in [1.54, 1.807) is 30.3 Å². The molecule has 102 valence electrons. The Bertz CT molecular complexity index is 648. The quantitative estimate of drug-likeness (QED) is 0.667. The predicted octanol–water partition coefficient (Wildman–Crippen LogP) is 3.20. The van der Waals surface area contributed by atoms with Crippen molar-refractivity contribution in [3.63, 3.8) is 0 Å². The molecule has 5 heteroatoms. The van der Waals surface area contributed by atoms with Crippen molar-refractivity contribution in [3.05, 3.63) is 65.7 Å². The molecule has 2 rings (SSSR count). The van der Waals surface area contributed by atoms with Crippen molar-refractivity contribution in [2.75, 3.05) is 11.1 Å². The van der Waals surface area contributed by atoms with Crippen molar-refractivity contribution in [2.45, 2.75) is 0 Å². The van der Waals surface area contributed by atoms with Crippen LogP contribution in [0.1, 0.15) is 5.56 Å². The summed E-state index contributed by atoms with van der Waals surface area (Å²) in [4.78, 5) is 11.6. The van der Waals surface area contributed by atoms with Gasteiger partial charge in [0.25, 0.3) is 0 Å². The van der Waals surface area contributed by atoms with Gasteiger partial charge in [0.05, 0.1) is 0 Å². The highest BCUT2D eigenvalue weighted by Crippen LogP contribution is 2.13. The van der Waals surface area contributed by atoms with E-state index in [1.165, 1.54) is 6.08 Å². The lowest BCUT2D eigenvalue weighted by Gasteiger charge is -2.02. The summed E-state index contributed by atoms with van der Waals surface area (Å²) in [6.07, 6.45) is 2.82. The van der Waals surface area contributed by atoms with Crippen LogP contribution in [0.3, 0.4) is 0 Å². The third-order valence-corrected chi connectivity index (χ3v) is 2.47. The van der Waals surface area contributed by atoms with Gasteiger partial charge in [-0.3, -0.25) is 4.79 Å². The van der Waals surface area contributed by atoms with Crippen molar-refractivity contribution < 1.29 is 13.6 Å². The van der Waals surface area contributed by atoms with E-state index >= 15 is 0 Å². The van der Waals surface area contributed by atoms with Gasteiger partial charge >= 0.3 is 0 Å². The van der Waals surface area contributed by atoms with Crippen LogP contribution < -0.4 is 11.1 Å². The number of nitrogen functional groups attached to an aromatic ring is 1. The Balaban J connectivity index is 2.05. The average molecular weight is 274 g/mol. The van der Waals surface area contributed by atoms with Crippen LogP contribution in [0.25, 0.3) is 6.08 Å². The minimum atomic E-state index is -0.750. The van der Waals surface area contributed by atoms with Crippen LogP contribution in [0.15, 0.2) is 48.5 Å². The zero-order valence-electron chi connectivity index (χ0n) is 10.4. The molecule has 0 radical (unpaired) electrons. The number of amides is 1. The summed E-state index contributed by atoms with van der Waals surface area (Å²) in [5, 5.41) is 2.37. The molecule has 0 aliphatic carbocycles. The van der Waals surface area contributed by atoms with Gasteiger partial charge in [0, 0.05) is 23.5 Å². The molecule has 0 saturated carbocycles. The molecule has 0 aliphatic rings. The van der Waals surface area contributed by atoms with Gasteiger partial charge in [-0.05, 0) is 35.9 Å². The molecule has 0 heterocycles. The Morgan fingerprint density at radius 2 is 1.80 bits per heavy atom. The summed E-state index contributed by atoms with van der Waals surface area (Å²) < 4.78 is 25.9. The first-order valence-corrected chi connectivity index (χ1v) is 5.83. The highest BCUT2D eigenvalue weighted by atomic mass is 19.1. The number of nitrogens with two attached hydrogens (primary N) is 1. The van der Waals surface area contributed by atoms with Crippen molar-refractivity contribution >= 4 is 23.4 Å². The average Bonchev–Trinajstić information content (AvgIpc) is 2.35.